The number of para-hydroxylation sites is 1. The molecule has 0 aliphatic rings. The van der Waals surface area contributed by atoms with Gasteiger partial charge in [0.1, 0.15) is 5.75 Å². The predicted octanol–water partition coefficient (Wildman–Crippen LogP) is 4.49. The minimum atomic E-state index is -4.76. The lowest BCUT2D eigenvalue weighted by molar-refractivity contribution is -0.274. The first kappa shape index (κ1) is 13.5. The van der Waals surface area contributed by atoms with Crippen molar-refractivity contribution in [1.82, 2.24) is 0 Å². The van der Waals surface area contributed by atoms with Crippen LogP contribution in [0.25, 0.3) is 11.1 Å². The maximum absolute atomic E-state index is 12.3. The van der Waals surface area contributed by atoms with Crippen molar-refractivity contribution < 1.29 is 17.9 Å². The first-order chi connectivity index (χ1) is 8.87. The lowest BCUT2D eigenvalue weighted by Gasteiger charge is -2.14. The van der Waals surface area contributed by atoms with Crippen LogP contribution in [0, 0.1) is 0 Å². The number of halogens is 4. The van der Waals surface area contributed by atoms with Crippen molar-refractivity contribution in [3.63, 3.8) is 0 Å². The smallest absolute Gasteiger partial charge is 0.405 e. The Morgan fingerprint density at radius 3 is 2.37 bits per heavy atom. The second-order valence-electron chi connectivity index (χ2n) is 3.78. The largest absolute Gasteiger partial charge is 0.573 e. The Hall–Kier alpha value is -1.88. The molecule has 0 unspecified atom stereocenters. The number of hydrogen-bond acceptors (Lipinski definition) is 2. The van der Waals surface area contributed by atoms with Crippen molar-refractivity contribution in [2.45, 2.75) is 6.36 Å². The summed E-state index contributed by atoms with van der Waals surface area (Å²) in [5.74, 6) is -0.316. The molecule has 2 aromatic rings. The molecule has 0 radical (unpaired) electrons. The molecule has 6 heteroatoms. The molecular formula is C13H9ClF3NO. The van der Waals surface area contributed by atoms with Gasteiger partial charge in [0.25, 0.3) is 0 Å². The average Bonchev–Trinajstić information content (AvgIpc) is 2.31. The van der Waals surface area contributed by atoms with Gasteiger partial charge in [0, 0.05) is 21.8 Å². The molecule has 0 fully saturated rings. The van der Waals surface area contributed by atoms with Crippen LogP contribution in [-0.4, -0.2) is 6.36 Å². The molecule has 0 aliphatic heterocycles. The Bertz CT molecular complexity index is 599. The Labute approximate surface area is 112 Å². The van der Waals surface area contributed by atoms with Gasteiger partial charge < -0.3 is 10.5 Å². The van der Waals surface area contributed by atoms with Gasteiger partial charge in [-0.2, -0.15) is 0 Å². The number of nitrogen functional groups attached to an aromatic ring is 1. The highest BCUT2D eigenvalue weighted by Crippen LogP contribution is 2.37. The van der Waals surface area contributed by atoms with Gasteiger partial charge in [0.2, 0.25) is 0 Å². The number of hydrogen-bond donors (Lipinski definition) is 1. The van der Waals surface area contributed by atoms with Crippen molar-refractivity contribution in [1.29, 1.82) is 0 Å². The van der Waals surface area contributed by atoms with Gasteiger partial charge in [-0.1, -0.05) is 29.8 Å². The van der Waals surface area contributed by atoms with Gasteiger partial charge in [-0.15, -0.1) is 13.2 Å². The summed E-state index contributed by atoms with van der Waals surface area (Å²) in [6, 6.07) is 10.3. The summed E-state index contributed by atoms with van der Waals surface area (Å²) in [7, 11) is 0. The third-order valence-electron chi connectivity index (χ3n) is 2.42. The van der Waals surface area contributed by atoms with E-state index in [1.807, 2.05) is 0 Å². The van der Waals surface area contributed by atoms with Crippen molar-refractivity contribution >= 4 is 17.3 Å². The number of anilines is 1. The van der Waals surface area contributed by atoms with E-state index < -0.39 is 6.36 Å². The van der Waals surface area contributed by atoms with Crippen molar-refractivity contribution in [2.24, 2.45) is 0 Å². The quantitative estimate of drug-likeness (QED) is 0.826. The zero-order valence-corrected chi connectivity index (χ0v) is 10.3. The van der Waals surface area contributed by atoms with E-state index in [4.69, 9.17) is 17.3 Å². The maximum atomic E-state index is 12.3. The van der Waals surface area contributed by atoms with Crippen molar-refractivity contribution in [3.8, 4) is 16.9 Å². The highest BCUT2D eigenvalue weighted by molar-refractivity contribution is 6.31. The Kier molecular flexibility index (Phi) is 3.57. The van der Waals surface area contributed by atoms with Crippen LogP contribution < -0.4 is 10.5 Å². The molecule has 0 saturated heterocycles. The standard InChI is InChI=1S/C13H9ClF3NO/c14-8-5-6-11(18)10(7-8)9-3-1-2-4-12(9)19-13(15,16)17/h1-7H,18H2. The number of benzene rings is 2. The molecule has 19 heavy (non-hydrogen) atoms. The predicted molar refractivity (Wildman–Crippen MR) is 68.0 cm³/mol. The lowest BCUT2D eigenvalue weighted by Crippen LogP contribution is -2.17. The van der Waals surface area contributed by atoms with Crippen LogP contribution in [0.4, 0.5) is 18.9 Å². The van der Waals surface area contributed by atoms with Crippen LogP contribution in [-0.2, 0) is 0 Å². The van der Waals surface area contributed by atoms with E-state index in [-0.39, 0.29) is 11.3 Å². The number of nitrogens with two attached hydrogens (primary N) is 1. The summed E-state index contributed by atoms with van der Waals surface area (Å²) in [6.45, 7) is 0. The third-order valence-corrected chi connectivity index (χ3v) is 2.65. The fourth-order valence-electron chi connectivity index (χ4n) is 1.66. The normalized spacial score (nSPS) is 11.4. The molecule has 100 valence electrons. The molecule has 2 rings (SSSR count). The molecule has 2 N–H and O–H groups in total. The second kappa shape index (κ2) is 5.01. The molecule has 2 aromatic carbocycles. The van der Waals surface area contributed by atoms with E-state index in [1.54, 1.807) is 12.1 Å². The van der Waals surface area contributed by atoms with Gasteiger partial charge in [-0.25, -0.2) is 0 Å². The molecule has 0 atom stereocenters. The van der Waals surface area contributed by atoms with E-state index in [2.05, 4.69) is 4.74 Å². The Morgan fingerprint density at radius 2 is 1.68 bits per heavy atom. The van der Waals surface area contributed by atoms with Crippen LogP contribution in [0.5, 0.6) is 5.75 Å². The van der Waals surface area contributed by atoms with Gasteiger partial charge in [-0.3, -0.25) is 0 Å². The summed E-state index contributed by atoms with van der Waals surface area (Å²) in [6.07, 6.45) is -4.76. The van der Waals surface area contributed by atoms with Gasteiger partial charge in [0.15, 0.2) is 0 Å². The Morgan fingerprint density at radius 1 is 1.00 bits per heavy atom. The van der Waals surface area contributed by atoms with Crippen molar-refractivity contribution in [2.75, 3.05) is 5.73 Å². The van der Waals surface area contributed by atoms with Crippen LogP contribution in [0.3, 0.4) is 0 Å². The minimum Gasteiger partial charge on any atom is -0.405 e. The highest BCUT2D eigenvalue weighted by atomic mass is 35.5. The summed E-state index contributed by atoms with van der Waals surface area (Å²) < 4.78 is 41.0. The van der Waals surface area contributed by atoms with E-state index in [1.165, 1.54) is 30.3 Å². The van der Waals surface area contributed by atoms with Crippen LogP contribution in [0.15, 0.2) is 42.5 Å². The zero-order chi connectivity index (χ0) is 14.0. The molecule has 0 aromatic heterocycles. The third kappa shape index (κ3) is 3.32. The first-order valence-corrected chi connectivity index (χ1v) is 5.65. The number of rotatable bonds is 2. The fourth-order valence-corrected chi connectivity index (χ4v) is 1.84. The lowest BCUT2D eigenvalue weighted by atomic mass is 10.0. The summed E-state index contributed by atoms with van der Waals surface area (Å²) >= 11 is 5.83. The first-order valence-electron chi connectivity index (χ1n) is 5.27. The second-order valence-corrected chi connectivity index (χ2v) is 4.21. The molecule has 0 bridgehead atoms. The van der Waals surface area contributed by atoms with Gasteiger partial charge >= 0.3 is 6.36 Å². The summed E-state index contributed by atoms with van der Waals surface area (Å²) in [4.78, 5) is 0. The van der Waals surface area contributed by atoms with Crippen LogP contribution in [0.1, 0.15) is 0 Å². The van der Waals surface area contributed by atoms with Gasteiger partial charge in [0.05, 0.1) is 0 Å². The molecule has 0 saturated carbocycles. The zero-order valence-electron chi connectivity index (χ0n) is 9.54. The molecule has 0 heterocycles. The average molecular weight is 288 g/mol. The Balaban J connectivity index is 2.53. The minimum absolute atomic E-state index is 0.236. The van der Waals surface area contributed by atoms with E-state index in [0.29, 0.717) is 16.3 Å². The topological polar surface area (TPSA) is 35.2 Å². The van der Waals surface area contributed by atoms with E-state index in [0.717, 1.165) is 0 Å². The van der Waals surface area contributed by atoms with Gasteiger partial charge in [-0.05, 0) is 24.3 Å². The monoisotopic (exact) mass is 287 g/mol. The highest BCUT2D eigenvalue weighted by Gasteiger charge is 2.32. The number of alkyl halides is 3. The van der Waals surface area contributed by atoms with Crippen LogP contribution >= 0.6 is 11.6 Å². The molecular weight excluding hydrogens is 279 g/mol. The summed E-state index contributed by atoms with van der Waals surface area (Å²) in [5.41, 5.74) is 6.71. The number of ether oxygens (including phenoxy) is 1. The molecule has 0 spiro atoms. The SMILES string of the molecule is Nc1ccc(Cl)cc1-c1ccccc1OC(F)(F)F. The molecule has 2 nitrogen and oxygen atoms in total. The summed E-state index contributed by atoms with van der Waals surface area (Å²) in [5, 5.41) is 0.381. The molecule has 0 amide bonds. The fraction of sp³-hybridized carbons (Fsp3) is 0.0769. The van der Waals surface area contributed by atoms with E-state index >= 15 is 0 Å². The molecule has 0 aliphatic carbocycles. The maximum Gasteiger partial charge on any atom is 0.573 e. The van der Waals surface area contributed by atoms with E-state index in [9.17, 15) is 13.2 Å². The van der Waals surface area contributed by atoms with Crippen LogP contribution in [0.2, 0.25) is 5.02 Å². The van der Waals surface area contributed by atoms with Crippen molar-refractivity contribution in [3.05, 3.63) is 47.5 Å².